The predicted molar refractivity (Wildman–Crippen MR) is 102 cm³/mol. The summed E-state index contributed by atoms with van der Waals surface area (Å²) in [7, 11) is 0. The van der Waals surface area contributed by atoms with Crippen molar-refractivity contribution < 1.29 is 0 Å². The second-order valence-corrected chi connectivity index (χ2v) is 6.24. The van der Waals surface area contributed by atoms with Crippen LogP contribution >= 0.6 is 0 Å². The summed E-state index contributed by atoms with van der Waals surface area (Å²) in [6.45, 7) is 3.84. The van der Waals surface area contributed by atoms with Crippen LogP contribution in [0.4, 0.5) is 11.6 Å². The Morgan fingerprint density at radius 1 is 0.880 bits per heavy atom. The normalized spacial score (nSPS) is 15.7. The Kier molecular flexibility index (Phi) is 3.10. The molecule has 122 valence electrons. The molecule has 0 unspecified atom stereocenters. The lowest BCUT2D eigenvalue weighted by Gasteiger charge is -2.26. The van der Waals surface area contributed by atoms with Gasteiger partial charge in [-0.25, -0.2) is 9.97 Å². The minimum Gasteiger partial charge on any atom is -0.310 e. The molecule has 0 atom stereocenters. The molecule has 0 saturated carbocycles. The highest BCUT2D eigenvalue weighted by Gasteiger charge is 2.34. The van der Waals surface area contributed by atoms with E-state index >= 15 is 0 Å². The van der Waals surface area contributed by atoms with Crippen LogP contribution in [0, 0.1) is 0 Å². The first-order valence-electron chi connectivity index (χ1n) is 8.64. The van der Waals surface area contributed by atoms with Gasteiger partial charge in [-0.3, -0.25) is 0 Å². The van der Waals surface area contributed by atoms with Gasteiger partial charge in [0.2, 0.25) is 0 Å². The molecule has 3 aromatic rings. The molecule has 0 amide bonds. The molecule has 1 aromatic heterocycles. The van der Waals surface area contributed by atoms with Crippen LogP contribution in [0.5, 0.6) is 0 Å². The van der Waals surface area contributed by atoms with Gasteiger partial charge < -0.3 is 9.80 Å². The Balaban J connectivity index is 1.64. The Morgan fingerprint density at radius 2 is 1.56 bits per heavy atom. The highest BCUT2D eigenvalue weighted by atomic mass is 15.4. The molecule has 3 heterocycles. The van der Waals surface area contributed by atoms with Crippen molar-refractivity contribution >= 4 is 28.2 Å². The van der Waals surface area contributed by atoms with Gasteiger partial charge in [0.05, 0.1) is 11.0 Å². The van der Waals surface area contributed by atoms with Gasteiger partial charge in [-0.05, 0) is 36.3 Å². The molecule has 2 aliphatic heterocycles. The van der Waals surface area contributed by atoms with Crippen LogP contribution in [0.25, 0.3) is 16.6 Å². The van der Waals surface area contributed by atoms with E-state index in [4.69, 9.17) is 9.97 Å². The number of fused-ring (bicyclic) bond motifs is 4. The zero-order valence-corrected chi connectivity index (χ0v) is 14.1. The van der Waals surface area contributed by atoms with E-state index in [0.29, 0.717) is 0 Å². The summed E-state index contributed by atoms with van der Waals surface area (Å²) in [6, 6.07) is 18.6. The molecule has 2 aromatic carbocycles. The first-order chi connectivity index (χ1) is 12.3. The average molecular weight is 326 g/mol. The number of para-hydroxylation sites is 2. The third kappa shape index (κ3) is 2.14. The van der Waals surface area contributed by atoms with Gasteiger partial charge in [0.25, 0.3) is 0 Å². The van der Waals surface area contributed by atoms with Crippen LogP contribution in [0.2, 0.25) is 0 Å². The van der Waals surface area contributed by atoms with Crippen molar-refractivity contribution in [2.75, 3.05) is 22.9 Å². The van der Waals surface area contributed by atoms with Gasteiger partial charge in [0, 0.05) is 13.1 Å². The molecule has 0 aliphatic carbocycles. The second kappa shape index (κ2) is 5.45. The highest BCUT2D eigenvalue weighted by molar-refractivity contribution is 5.89. The third-order valence-electron chi connectivity index (χ3n) is 4.80. The van der Waals surface area contributed by atoms with E-state index in [-0.39, 0.29) is 0 Å². The number of allylic oxidation sites excluding steroid dienone is 2. The molecule has 5 rings (SSSR count). The summed E-state index contributed by atoms with van der Waals surface area (Å²) in [4.78, 5) is 14.3. The molecule has 0 radical (unpaired) electrons. The lowest BCUT2D eigenvalue weighted by Crippen LogP contribution is -2.30. The number of rotatable bonds is 2. The van der Waals surface area contributed by atoms with Crippen LogP contribution in [-0.2, 0) is 0 Å². The number of nitrogens with zero attached hydrogens (tertiary/aromatic N) is 4. The van der Waals surface area contributed by atoms with E-state index in [1.807, 2.05) is 24.3 Å². The Hall–Kier alpha value is -3.14. The lowest BCUT2D eigenvalue weighted by atomic mass is 10.0. The minimum atomic E-state index is 0.812. The number of hydrogen-bond acceptors (Lipinski definition) is 4. The van der Waals surface area contributed by atoms with Crippen LogP contribution < -0.4 is 9.80 Å². The van der Waals surface area contributed by atoms with Crippen molar-refractivity contribution in [2.45, 2.75) is 6.92 Å². The molecule has 25 heavy (non-hydrogen) atoms. The lowest BCUT2D eigenvalue weighted by molar-refractivity contribution is 0.906. The first kappa shape index (κ1) is 14.2. The number of anilines is 2. The Morgan fingerprint density at radius 3 is 2.28 bits per heavy atom. The van der Waals surface area contributed by atoms with Crippen LogP contribution in [0.15, 0.2) is 72.6 Å². The molecular weight excluding hydrogens is 308 g/mol. The van der Waals surface area contributed by atoms with Crippen molar-refractivity contribution in [3.8, 4) is 0 Å². The monoisotopic (exact) mass is 326 g/mol. The van der Waals surface area contributed by atoms with Gasteiger partial charge in [-0.2, -0.15) is 0 Å². The van der Waals surface area contributed by atoms with E-state index in [9.17, 15) is 0 Å². The highest BCUT2D eigenvalue weighted by Crippen LogP contribution is 2.42. The molecule has 0 bridgehead atoms. The van der Waals surface area contributed by atoms with Crippen molar-refractivity contribution in [2.24, 2.45) is 0 Å². The standard InChI is InChI=1S/C21H18N4/c1-2-24-19-14-16(15-8-4-3-5-9-15)12-13-25(19)21-20(24)22-17-10-6-7-11-18(17)23-21/h3-12,14H,2,13H2,1H3. The van der Waals surface area contributed by atoms with Crippen molar-refractivity contribution in [1.29, 1.82) is 0 Å². The van der Waals surface area contributed by atoms with Crippen molar-refractivity contribution in [1.82, 2.24) is 9.97 Å². The quantitative estimate of drug-likeness (QED) is 0.706. The van der Waals surface area contributed by atoms with Crippen LogP contribution in [0.3, 0.4) is 0 Å². The summed E-state index contributed by atoms with van der Waals surface area (Å²) in [5.74, 6) is 3.07. The Bertz CT molecular complexity index is 986. The molecular formula is C21H18N4. The van der Waals surface area contributed by atoms with E-state index in [2.05, 4.69) is 59.2 Å². The molecule has 2 aliphatic rings. The fourth-order valence-electron chi connectivity index (χ4n) is 3.57. The maximum absolute atomic E-state index is 4.89. The fourth-order valence-corrected chi connectivity index (χ4v) is 3.57. The van der Waals surface area contributed by atoms with E-state index in [0.717, 1.165) is 41.6 Å². The largest absolute Gasteiger partial charge is 0.310 e. The first-order valence-corrected chi connectivity index (χ1v) is 8.64. The van der Waals surface area contributed by atoms with Gasteiger partial charge in [0.1, 0.15) is 5.82 Å². The zero-order chi connectivity index (χ0) is 16.8. The molecule has 0 saturated heterocycles. The van der Waals surface area contributed by atoms with Crippen LogP contribution in [-0.4, -0.2) is 23.1 Å². The molecule has 4 heteroatoms. The summed E-state index contributed by atoms with van der Waals surface area (Å²) >= 11 is 0. The molecule has 0 fully saturated rings. The predicted octanol–water partition coefficient (Wildman–Crippen LogP) is 4.21. The zero-order valence-electron chi connectivity index (χ0n) is 14.1. The number of aromatic nitrogens is 2. The molecule has 0 N–H and O–H groups in total. The summed E-state index contributed by atoms with van der Waals surface area (Å²) in [5, 5.41) is 0. The van der Waals surface area contributed by atoms with Crippen LogP contribution in [0.1, 0.15) is 12.5 Å². The summed E-state index contributed by atoms with van der Waals surface area (Å²) < 4.78 is 0. The summed E-state index contributed by atoms with van der Waals surface area (Å²) in [5.41, 5.74) is 4.38. The Labute approximate surface area is 146 Å². The van der Waals surface area contributed by atoms with Crippen molar-refractivity contribution in [3.63, 3.8) is 0 Å². The van der Waals surface area contributed by atoms with E-state index in [1.165, 1.54) is 11.1 Å². The number of benzene rings is 2. The third-order valence-corrected chi connectivity index (χ3v) is 4.80. The SMILES string of the molecule is CCN1C2=CC(c3ccccc3)=CCN2c2nc3ccccc3nc21. The smallest absolute Gasteiger partial charge is 0.178 e. The number of hydrogen-bond donors (Lipinski definition) is 0. The topological polar surface area (TPSA) is 32.3 Å². The molecule has 4 nitrogen and oxygen atoms in total. The fraction of sp³-hybridized carbons (Fsp3) is 0.143. The molecule has 0 spiro atoms. The summed E-state index contributed by atoms with van der Waals surface area (Å²) in [6.07, 6.45) is 4.51. The van der Waals surface area contributed by atoms with E-state index < -0.39 is 0 Å². The van der Waals surface area contributed by atoms with Gasteiger partial charge in [-0.15, -0.1) is 0 Å². The second-order valence-electron chi connectivity index (χ2n) is 6.24. The maximum Gasteiger partial charge on any atom is 0.178 e. The van der Waals surface area contributed by atoms with Gasteiger partial charge >= 0.3 is 0 Å². The average Bonchev–Trinajstić information content (AvgIpc) is 2.98. The minimum absolute atomic E-state index is 0.812. The van der Waals surface area contributed by atoms with E-state index in [1.54, 1.807) is 0 Å². The van der Waals surface area contributed by atoms with Gasteiger partial charge in [-0.1, -0.05) is 48.5 Å². The van der Waals surface area contributed by atoms with Gasteiger partial charge in [0.15, 0.2) is 11.6 Å². The maximum atomic E-state index is 4.89. The van der Waals surface area contributed by atoms with Crippen molar-refractivity contribution in [3.05, 3.63) is 78.1 Å².